The van der Waals surface area contributed by atoms with Gasteiger partial charge >= 0.3 is 0 Å². The molecule has 0 bridgehead atoms. The zero-order valence-corrected chi connectivity index (χ0v) is 20.4. The second-order valence-electron chi connectivity index (χ2n) is 7.28. The summed E-state index contributed by atoms with van der Waals surface area (Å²) in [5.74, 6) is 0.372. The number of nitro groups is 1. The largest absolute Gasteiger partial charge is 0.497 e. The molecule has 0 aromatic heterocycles. The Morgan fingerprint density at radius 1 is 0.800 bits per heavy atom. The molecular weight excluding hydrogens is 516 g/mol. The number of ether oxygens (including phenoxy) is 1. The molecule has 180 valence electrons. The number of methoxy groups -OCH3 is 1. The molecule has 0 fully saturated rings. The molecule has 4 rings (SSSR count). The van der Waals surface area contributed by atoms with Gasteiger partial charge in [0.25, 0.3) is 25.7 Å². The Kier molecular flexibility index (Phi) is 6.41. The molecule has 35 heavy (non-hydrogen) atoms. The zero-order chi connectivity index (χ0) is 25.4. The van der Waals surface area contributed by atoms with Crippen LogP contribution in [0.3, 0.4) is 0 Å². The van der Waals surface area contributed by atoms with Gasteiger partial charge in [0.2, 0.25) is 0 Å². The summed E-state index contributed by atoms with van der Waals surface area (Å²) in [5.41, 5.74) is -0.887. The van der Waals surface area contributed by atoms with Crippen molar-refractivity contribution in [2.24, 2.45) is 0 Å². The first-order valence-corrected chi connectivity index (χ1v) is 13.2. The fourth-order valence-corrected chi connectivity index (χ4v) is 7.36. The summed E-state index contributed by atoms with van der Waals surface area (Å²) in [6, 6.07) is 19.3. The molecule has 0 amide bonds. The summed E-state index contributed by atoms with van der Waals surface area (Å²) in [5, 5.41) is 12.4. The highest BCUT2D eigenvalue weighted by molar-refractivity contribution is 8.10. The topological polar surface area (TPSA) is 124 Å². The average Bonchev–Trinajstić information content (AvgIpc) is 2.84. The van der Waals surface area contributed by atoms with Gasteiger partial charge in [-0.1, -0.05) is 41.9 Å². The van der Waals surface area contributed by atoms with E-state index in [1.165, 1.54) is 43.5 Å². The summed E-state index contributed by atoms with van der Waals surface area (Å²) in [6.45, 7) is 0. The Hall–Kier alpha value is -3.67. The third-order valence-corrected chi connectivity index (χ3v) is 9.64. The van der Waals surface area contributed by atoms with Crippen LogP contribution in [0, 0.1) is 10.1 Å². The minimum Gasteiger partial charge on any atom is -0.497 e. The first kappa shape index (κ1) is 24.5. The molecule has 4 aromatic rings. The van der Waals surface area contributed by atoms with E-state index in [1.54, 1.807) is 30.3 Å². The standard InChI is InChI=1S/C23H17ClN2O7S2/c1-33-19-9-7-18(8-10-19)26(35(31,32)21-12-13-22(24)23(15-21)25(27)28)34(29,30)20-11-6-16-4-2-3-5-17(16)14-20/h2-15H,1H3. The number of benzene rings is 4. The van der Waals surface area contributed by atoms with Crippen LogP contribution < -0.4 is 8.45 Å². The molecule has 0 aliphatic rings. The van der Waals surface area contributed by atoms with Crippen LogP contribution in [0.2, 0.25) is 5.02 Å². The molecule has 0 saturated heterocycles. The van der Waals surface area contributed by atoms with E-state index in [9.17, 15) is 26.9 Å². The first-order valence-electron chi connectivity index (χ1n) is 9.93. The minimum absolute atomic E-state index is 0.212. The van der Waals surface area contributed by atoms with Crippen LogP contribution in [0.4, 0.5) is 11.4 Å². The maximum absolute atomic E-state index is 13.8. The van der Waals surface area contributed by atoms with E-state index in [1.807, 2.05) is 0 Å². The van der Waals surface area contributed by atoms with Crippen molar-refractivity contribution in [3.63, 3.8) is 0 Å². The number of hydrogen-bond donors (Lipinski definition) is 0. The van der Waals surface area contributed by atoms with E-state index < -0.39 is 35.6 Å². The third-order valence-electron chi connectivity index (χ3n) is 5.15. The highest BCUT2D eigenvalue weighted by Gasteiger charge is 2.38. The highest BCUT2D eigenvalue weighted by Crippen LogP contribution is 2.35. The normalized spacial score (nSPS) is 11.8. The third kappa shape index (κ3) is 4.53. The second-order valence-corrected chi connectivity index (χ2v) is 11.5. The zero-order valence-electron chi connectivity index (χ0n) is 18.0. The summed E-state index contributed by atoms with van der Waals surface area (Å²) < 4.78 is 60.3. The molecule has 9 nitrogen and oxygen atoms in total. The molecule has 0 spiro atoms. The SMILES string of the molecule is COc1ccc(N(S(=O)(=O)c2ccc(Cl)c([N+](=O)[O-])c2)S(=O)(=O)c2ccc3ccccc3c2)cc1. The van der Waals surface area contributed by atoms with E-state index in [0.717, 1.165) is 23.6 Å². The molecule has 0 saturated carbocycles. The summed E-state index contributed by atoms with van der Waals surface area (Å²) >= 11 is 5.83. The van der Waals surface area contributed by atoms with Crippen molar-refractivity contribution in [2.75, 3.05) is 10.8 Å². The van der Waals surface area contributed by atoms with Gasteiger partial charge in [0.1, 0.15) is 10.8 Å². The first-order chi connectivity index (χ1) is 16.6. The Morgan fingerprint density at radius 2 is 1.37 bits per heavy atom. The van der Waals surface area contributed by atoms with Gasteiger partial charge in [-0.25, -0.2) is 16.8 Å². The van der Waals surface area contributed by atoms with E-state index in [2.05, 4.69) is 0 Å². The van der Waals surface area contributed by atoms with E-state index in [0.29, 0.717) is 11.1 Å². The van der Waals surface area contributed by atoms with Gasteiger partial charge in [-0.15, -0.1) is 0 Å². The molecule has 0 radical (unpaired) electrons. The Morgan fingerprint density at radius 3 is 1.97 bits per heavy atom. The van der Waals surface area contributed by atoms with Crippen LogP contribution >= 0.6 is 11.6 Å². The van der Waals surface area contributed by atoms with Gasteiger partial charge in [-0.05, 0) is 59.3 Å². The number of hydrogen-bond acceptors (Lipinski definition) is 7. The quantitative estimate of drug-likeness (QED) is 0.242. The molecule has 0 unspecified atom stereocenters. The lowest BCUT2D eigenvalue weighted by Gasteiger charge is -2.24. The molecule has 0 aliphatic carbocycles. The number of sulfonamides is 2. The lowest BCUT2D eigenvalue weighted by molar-refractivity contribution is -0.384. The Labute approximate surface area is 206 Å². The fourth-order valence-electron chi connectivity index (χ4n) is 3.42. The number of halogens is 1. The molecule has 0 aliphatic heterocycles. The predicted molar refractivity (Wildman–Crippen MR) is 132 cm³/mol. The van der Waals surface area contributed by atoms with E-state index in [4.69, 9.17) is 16.3 Å². The van der Waals surface area contributed by atoms with Crippen LogP contribution in [0.25, 0.3) is 10.8 Å². The second kappa shape index (κ2) is 9.17. The van der Waals surface area contributed by atoms with Crippen molar-refractivity contribution < 1.29 is 26.5 Å². The lowest BCUT2D eigenvalue weighted by Crippen LogP contribution is -2.37. The number of nitro benzene ring substituents is 1. The highest BCUT2D eigenvalue weighted by atomic mass is 35.5. The van der Waals surface area contributed by atoms with Crippen molar-refractivity contribution in [3.8, 4) is 5.75 Å². The maximum atomic E-state index is 13.8. The summed E-state index contributed by atoms with van der Waals surface area (Å²) in [7, 11) is -8.17. The van der Waals surface area contributed by atoms with Gasteiger partial charge in [-0.3, -0.25) is 10.1 Å². The number of fused-ring (bicyclic) bond motifs is 1. The lowest BCUT2D eigenvalue weighted by atomic mass is 10.1. The number of rotatable bonds is 7. The van der Waals surface area contributed by atoms with Crippen molar-refractivity contribution in [1.29, 1.82) is 0 Å². The fraction of sp³-hybridized carbons (Fsp3) is 0.0435. The van der Waals surface area contributed by atoms with Crippen molar-refractivity contribution in [2.45, 2.75) is 9.79 Å². The Bertz CT molecular complexity index is 1660. The van der Waals surface area contributed by atoms with Crippen LogP contribution in [0.5, 0.6) is 5.75 Å². The average molecular weight is 533 g/mol. The monoisotopic (exact) mass is 532 g/mol. The maximum Gasteiger partial charge on any atom is 0.289 e. The van der Waals surface area contributed by atoms with Gasteiger partial charge < -0.3 is 4.74 Å². The molecule has 0 heterocycles. The van der Waals surface area contributed by atoms with Gasteiger partial charge in [0.05, 0.1) is 27.5 Å². The smallest absolute Gasteiger partial charge is 0.289 e. The summed E-state index contributed by atoms with van der Waals surface area (Å²) in [4.78, 5) is 9.59. The number of nitrogens with zero attached hydrogens (tertiary/aromatic N) is 2. The molecule has 12 heteroatoms. The van der Waals surface area contributed by atoms with E-state index >= 15 is 0 Å². The van der Waals surface area contributed by atoms with Crippen LogP contribution in [0.15, 0.2) is 94.7 Å². The van der Waals surface area contributed by atoms with Crippen molar-refractivity contribution in [1.82, 2.24) is 0 Å². The molecule has 4 aromatic carbocycles. The minimum atomic E-state index is -4.86. The van der Waals surface area contributed by atoms with Gasteiger partial charge in [-0.2, -0.15) is 3.71 Å². The van der Waals surface area contributed by atoms with Gasteiger partial charge in [0, 0.05) is 6.07 Å². The Balaban J connectivity index is 1.96. The van der Waals surface area contributed by atoms with Crippen LogP contribution in [-0.4, -0.2) is 28.9 Å². The summed E-state index contributed by atoms with van der Waals surface area (Å²) in [6.07, 6.45) is 0. The van der Waals surface area contributed by atoms with Crippen LogP contribution in [-0.2, 0) is 20.0 Å². The van der Waals surface area contributed by atoms with Crippen molar-refractivity contribution in [3.05, 3.63) is 100 Å². The predicted octanol–water partition coefficient (Wildman–Crippen LogP) is 4.99. The molecule has 0 atom stereocenters. The van der Waals surface area contributed by atoms with Gasteiger partial charge in [0.15, 0.2) is 0 Å². The number of anilines is 1. The molecule has 0 N–H and O–H groups in total. The van der Waals surface area contributed by atoms with Crippen LogP contribution in [0.1, 0.15) is 0 Å². The van der Waals surface area contributed by atoms with E-state index in [-0.39, 0.29) is 19.3 Å². The van der Waals surface area contributed by atoms with Crippen molar-refractivity contribution >= 4 is 53.8 Å². The molecular formula is C23H17ClN2O7S2.